The van der Waals surface area contributed by atoms with Crippen LogP contribution in [0.25, 0.3) is 0 Å². The highest BCUT2D eigenvalue weighted by Crippen LogP contribution is 2.24. The van der Waals surface area contributed by atoms with Gasteiger partial charge in [-0.05, 0) is 12.5 Å². The van der Waals surface area contributed by atoms with Gasteiger partial charge in [-0.3, -0.25) is 0 Å². The fraction of sp³-hybridized carbons (Fsp3) is 0.778. The predicted octanol–water partition coefficient (Wildman–Crippen LogP) is -1.36. The Bertz CT molecular complexity index is 281. The van der Waals surface area contributed by atoms with Gasteiger partial charge in [0.15, 0.2) is 6.29 Å². The lowest BCUT2D eigenvalue weighted by Gasteiger charge is -2.20. The summed E-state index contributed by atoms with van der Waals surface area (Å²) in [6.07, 6.45) is -7.46. The number of hydrogen-bond donors (Lipinski definition) is 5. The maximum absolute atomic E-state index is 9.59. The average molecular weight is 221 g/mol. The van der Waals surface area contributed by atoms with Crippen LogP contribution in [0.2, 0.25) is 0 Å². The zero-order chi connectivity index (χ0) is 12.5. The van der Waals surface area contributed by atoms with Crippen LogP contribution in [-0.2, 0) is 4.74 Å². The van der Waals surface area contributed by atoms with Crippen LogP contribution in [0.5, 0.6) is 0 Å². The second-order valence-corrected chi connectivity index (χ2v) is 3.33. The lowest BCUT2D eigenvalue weighted by molar-refractivity contribution is -0.144. The van der Waals surface area contributed by atoms with Crippen molar-refractivity contribution in [2.24, 2.45) is 0 Å². The van der Waals surface area contributed by atoms with Crippen LogP contribution in [0.15, 0.2) is 11.8 Å². The van der Waals surface area contributed by atoms with Crippen molar-refractivity contribution in [1.29, 1.82) is 0 Å². The van der Waals surface area contributed by atoms with Crippen LogP contribution < -0.4 is 0 Å². The van der Waals surface area contributed by atoms with Crippen molar-refractivity contribution in [2.45, 2.75) is 44.1 Å². The second-order valence-electron chi connectivity index (χ2n) is 3.33. The normalized spacial score (nSPS) is 41.0. The van der Waals surface area contributed by atoms with Crippen LogP contribution >= 0.6 is 0 Å². The van der Waals surface area contributed by atoms with Gasteiger partial charge >= 0.3 is 0 Å². The van der Waals surface area contributed by atoms with Gasteiger partial charge in [0.25, 0.3) is 0 Å². The number of hydrogen-bond acceptors (Lipinski definition) is 6. The SMILES string of the molecule is [2H]C(CC)=C(O)[C@@H](O)[C@H]1OC(O)[C@H](O)[C@H]1O. The minimum absolute atomic E-state index is 0.195. The quantitative estimate of drug-likeness (QED) is 0.376. The number of aliphatic hydroxyl groups is 5. The summed E-state index contributed by atoms with van der Waals surface area (Å²) < 4.78 is 12.0. The monoisotopic (exact) mass is 221 g/mol. The standard InChI is InChI=1S/C9H16O6/c1-2-3-4(10)5(11)8-6(12)7(13)9(14)15-8/h3,5-14H,2H2,1H3/t5-,6-,7-,8-,9?/m1/s1/i3D. The molecular formula is C9H16O6. The topological polar surface area (TPSA) is 110 Å². The van der Waals surface area contributed by atoms with E-state index in [2.05, 4.69) is 0 Å². The largest absolute Gasteiger partial charge is 0.510 e. The van der Waals surface area contributed by atoms with E-state index in [9.17, 15) is 20.4 Å². The second kappa shape index (κ2) is 4.91. The van der Waals surface area contributed by atoms with E-state index < -0.39 is 36.5 Å². The van der Waals surface area contributed by atoms with Crippen LogP contribution in [0.4, 0.5) is 0 Å². The van der Waals surface area contributed by atoms with Gasteiger partial charge < -0.3 is 30.3 Å². The zero-order valence-electron chi connectivity index (χ0n) is 9.24. The van der Waals surface area contributed by atoms with Crippen molar-refractivity contribution in [1.82, 2.24) is 0 Å². The van der Waals surface area contributed by atoms with Gasteiger partial charge in [0.2, 0.25) is 0 Å². The molecule has 15 heavy (non-hydrogen) atoms. The molecule has 1 saturated heterocycles. The molecule has 0 radical (unpaired) electrons. The number of ether oxygens (including phenoxy) is 1. The van der Waals surface area contributed by atoms with Gasteiger partial charge in [0.05, 0.1) is 1.37 Å². The molecule has 6 nitrogen and oxygen atoms in total. The first-order valence-electron chi connectivity index (χ1n) is 5.16. The van der Waals surface area contributed by atoms with Crippen molar-refractivity contribution >= 4 is 0 Å². The van der Waals surface area contributed by atoms with Crippen molar-refractivity contribution in [2.75, 3.05) is 0 Å². The highest BCUT2D eigenvalue weighted by atomic mass is 16.6. The molecule has 1 fully saturated rings. The first kappa shape index (κ1) is 10.8. The third-order valence-corrected chi connectivity index (χ3v) is 2.22. The Balaban J connectivity index is 2.80. The summed E-state index contributed by atoms with van der Waals surface area (Å²) in [5.74, 6) is -0.632. The van der Waals surface area contributed by atoms with Gasteiger partial charge in [0.1, 0.15) is 30.2 Å². The summed E-state index contributed by atoms with van der Waals surface area (Å²) in [5.41, 5.74) is 0. The lowest BCUT2D eigenvalue weighted by atomic mass is 10.0. The first-order valence-corrected chi connectivity index (χ1v) is 4.66. The molecule has 0 aromatic carbocycles. The molecule has 1 aliphatic heterocycles. The van der Waals surface area contributed by atoms with E-state index >= 15 is 0 Å². The molecule has 6 heteroatoms. The molecular weight excluding hydrogens is 204 g/mol. The molecule has 0 amide bonds. The molecule has 0 spiro atoms. The highest BCUT2D eigenvalue weighted by Gasteiger charge is 2.46. The maximum Gasteiger partial charge on any atom is 0.184 e. The van der Waals surface area contributed by atoms with Crippen LogP contribution in [-0.4, -0.2) is 56.2 Å². The Morgan fingerprint density at radius 3 is 2.47 bits per heavy atom. The fourth-order valence-electron chi connectivity index (χ4n) is 1.39. The van der Waals surface area contributed by atoms with E-state index in [1.807, 2.05) is 0 Å². The molecule has 1 rings (SSSR count). The van der Waals surface area contributed by atoms with E-state index in [1.165, 1.54) is 0 Å². The van der Waals surface area contributed by atoms with Crippen molar-refractivity contribution in [3.63, 3.8) is 0 Å². The van der Waals surface area contributed by atoms with E-state index in [1.54, 1.807) is 6.92 Å². The Labute approximate surface area is 88.5 Å². The van der Waals surface area contributed by atoms with Gasteiger partial charge in [-0.15, -0.1) is 0 Å². The summed E-state index contributed by atoms with van der Waals surface area (Å²) >= 11 is 0. The minimum atomic E-state index is -1.64. The van der Waals surface area contributed by atoms with E-state index in [0.29, 0.717) is 0 Å². The van der Waals surface area contributed by atoms with E-state index in [0.717, 1.165) is 0 Å². The minimum Gasteiger partial charge on any atom is -0.510 e. The third kappa shape index (κ3) is 2.47. The number of aliphatic hydroxyl groups excluding tert-OH is 5. The van der Waals surface area contributed by atoms with Crippen LogP contribution in [0, 0.1) is 0 Å². The average Bonchev–Trinajstić information content (AvgIpc) is 2.54. The molecule has 0 aliphatic carbocycles. The van der Waals surface area contributed by atoms with Crippen molar-refractivity contribution < 1.29 is 31.6 Å². The highest BCUT2D eigenvalue weighted by molar-refractivity contribution is 5.05. The van der Waals surface area contributed by atoms with Gasteiger partial charge in [-0.2, -0.15) is 0 Å². The lowest BCUT2D eigenvalue weighted by Crippen LogP contribution is -2.39. The van der Waals surface area contributed by atoms with Gasteiger partial charge in [0, 0.05) is 0 Å². The maximum atomic E-state index is 9.59. The molecule has 1 heterocycles. The first-order chi connectivity index (χ1) is 7.40. The molecule has 5 N–H and O–H groups in total. The van der Waals surface area contributed by atoms with Crippen LogP contribution in [0.1, 0.15) is 14.7 Å². The summed E-state index contributed by atoms with van der Waals surface area (Å²) in [6.45, 7) is 1.61. The van der Waals surface area contributed by atoms with Gasteiger partial charge in [-0.25, -0.2) is 0 Å². The van der Waals surface area contributed by atoms with Gasteiger partial charge in [-0.1, -0.05) is 6.92 Å². The van der Waals surface area contributed by atoms with E-state index in [4.69, 9.17) is 11.2 Å². The molecule has 1 unspecified atom stereocenters. The summed E-state index contributed by atoms with van der Waals surface area (Å²) in [7, 11) is 0. The Kier molecular flexibility index (Phi) is 3.55. The smallest absolute Gasteiger partial charge is 0.184 e. The Morgan fingerprint density at radius 1 is 1.47 bits per heavy atom. The van der Waals surface area contributed by atoms with Crippen molar-refractivity contribution in [3.05, 3.63) is 11.8 Å². The molecule has 5 atom stereocenters. The Hall–Kier alpha value is -0.660. The van der Waals surface area contributed by atoms with Crippen molar-refractivity contribution in [3.8, 4) is 0 Å². The zero-order valence-corrected chi connectivity index (χ0v) is 8.24. The summed E-state index contributed by atoms with van der Waals surface area (Å²) in [6, 6.07) is -0.195. The molecule has 88 valence electrons. The van der Waals surface area contributed by atoms with Crippen LogP contribution in [0.3, 0.4) is 0 Å². The molecule has 0 aromatic rings. The third-order valence-electron chi connectivity index (χ3n) is 2.22. The molecule has 0 aromatic heterocycles. The predicted molar refractivity (Wildman–Crippen MR) is 49.9 cm³/mol. The van der Waals surface area contributed by atoms with E-state index in [-0.39, 0.29) is 12.5 Å². The number of allylic oxidation sites excluding steroid dienone is 1. The fourth-order valence-corrected chi connectivity index (χ4v) is 1.39. The summed E-state index contributed by atoms with van der Waals surface area (Å²) in [4.78, 5) is 0. The summed E-state index contributed by atoms with van der Waals surface area (Å²) in [5, 5.41) is 46.7. The molecule has 0 bridgehead atoms. The number of rotatable bonds is 3. The Morgan fingerprint density at radius 2 is 2.07 bits per heavy atom. The molecule has 1 aliphatic rings. The molecule has 0 saturated carbocycles.